The van der Waals surface area contributed by atoms with Crippen LogP contribution in [0.25, 0.3) is 6.08 Å². The number of non-ortho nitro benzene ring substituents is 1. The molecule has 2 aromatic carbocycles. The van der Waals surface area contributed by atoms with E-state index in [1.807, 2.05) is 0 Å². The summed E-state index contributed by atoms with van der Waals surface area (Å²) < 4.78 is 12.6. The lowest BCUT2D eigenvalue weighted by Gasteiger charge is -2.26. The highest BCUT2D eigenvalue weighted by Gasteiger charge is 2.35. The van der Waals surface area contributed by atoms with Crippen LogP contribution < -0.4 is 19.6 Å². The molecule has 4 aromatic rings. The highest BCUT2D eigenvalue weighted by atomic mass is 35.5. The van der Waals surface area contributed by atoms with E-state index in [9.17, 15) is 19.7 Å². The second kappa shape index (κ2) is 12.3. The van der Waals surface area contributed by atoms with E-state index in [1.165, 1.54) is 35.6 Å². The third kappa shape index (κ3) is 5.71. The Morgan fingerprint density at radius 2 is 2.00 bits per heavy atom. The van der Waals surface area contributed by atoms with Crippen LogP contribution in [0.15, 0.2) is 86.0 Å². The lowest BCUT2D eigenvalue weighted by atomic mass is 9.95. The number of ether oxygens (including phenoxy) is 2. The lowest BCUT2D eigenvalue weighted by Crippen LogP contribution is -2.40. The van der Waals surface area contributed by atoms with E-state index in [0.717, 1.165) is 11.3 Å². The topological polar surface area (TPSA) is 139 Å². The minimum atomic E-state index is -0.951. The normalized spacial score (nSPS) is 14.8. The van der Waals surface area contributed by atoms with E-state index in [-0.39, 0.29) is 22.4 Å². The average Bonchev–Trinajstić information content (AvgIpc) is 3.27. The standard InChI is InChI=1S/C28H22ClN5O6S2/c1-4-40-26(36)23-15(2)32-28-33(24(23)19-14-17(29)6-8-20(19)39-3)25(35)22(42-28)13-16-12-18(34(37)38)7-9-21(16)41-27-30-10-5-11-31-27/h5-14,24H,4H2,1-3H3/b22-13-/t24-/m1/s1. The molecule has 1 atom stereocenters. The summed E-state index contributed by atoms with van der Waals surface area (Å²) in [5.41, 5.74) is 0.839. The molecule has 14 heteroatoms. The molecule has 1 aliphatic rings. The number of allylic oxidation sites excluding steroid dienone is 1. The van der Waals surface area contributed by atoms with Crippen molar-refractivity contribution in [3.8, 4) is 5.75 Å². The maximum absolute atomic E-state index is 14.1. The van der Waals surface area contributed by atoms with Crippen LogP contribution in [0.1, 0.15) is 31.0 Å². The number of carbonyl (C=O) groups is 1. The van der Waals surface area contributed by atoms with Gasteiger partial charge in [-0.25, -0.2) is 19.8 Å². The van der Waals surface area contributed by atoms with Gasteiger partial charge >= 0.3 is 5.97 Å². The summed E-state index contributed by atoms with van der Waals surface area (Å²) in [6.45, 7) is 3.48. The van der Waals surface area contributed by atoms with E-state index >= 15 is 0 Å². The molecule has 3 heterocycles. The second-order valence-electron chi connectivity index (χ2n) is 8.80. The van der Waals surface area contributed by atoms with Crippen molar-refractivity contribution in [1.29, 1.82) is 0 Å². The van der Waals surface area contributed by atoms with Crippen molar-refractivity contribution >= 4 is 52.4 Å². The molecule has 0 amide bonds. The monoisotopic (exact) mass is 623 g/mol. The van der Waals surface area contributed by atoms with Crippen LogP contribution in [0.5, 0.6) is 5.75 Å². The number of nitro benzene ring substituents is 1. The predicted octanol–water partition coefficient (Wildman–Crippen LogP) is 4.31. The summed E-state index contributed by atoms with van der Waals surface area (Å²) >= 11 is 8.65. The molecule has 214 valence electrons. The van der Waals surface area contributed by atoms with E-state index < -0.39 is 22.5 Å². The third-order valence-electron chi connectivity index (χ3n) is 6.24. The third-order valence-corrected chi connectivity index (χ3v) is 8.44. The number of nitro groups is 1. The van der Waals surface area contributed by atoms with Gasteiger partial charge in [0.1, 0.15) is 11.8 Å². The molecule has 0 bridgehead atoms. The van der Waals surface area contributed by atoms with Crippen molar-refractivity contribution in [1.82, 2.24) is 14.5 Å². The average molecular weight is 624 g/mol. The van der Waals surface area contributed by atoms with Crippen LogP contribution in [0.3, 0.4) is 0 Å². The van der Waals surface area contributed by atoms with Crippen LogP contribution in [0, 0.1) is 10.1 Å². The molecule has 0 saturated heterocycles. The Morgan fingerprint density at radius 3 is 2.69 bits per heavy atom. The van der Waals surface area contributed by atoms with E-state index in [0.29, 0.717) is 42.4 Å². The molecule has 2 aromatic heterocycles. The molecule has 0 aliphatic carbocycles. The first kappa shape index (κ1) is 29.2. The fraction of sp³-hybridized carbons (Fsp3) is 0.179. The number of aromatic nitrogens is 3. The summed E-state index contributed by atoms with van der Waals surface area (Å²) in [6, 6.07) is 10.0. The number of benzene rings is 2. The highest BCUT2D eigenvalue weighted by molar-refractivity contribution is 7.99. The van der Waals surface area contributed by atoms with Gasteiger partial charge in [-0.2, -0.15) is 0 Å². The largest absolute Gasteiger partial charge is 0.496 e. The molecular weight excluding hydrogens is 602 g/mol. The molecule has 1 aliphatic heterocycles. The Morgan fingerprint density at radius 1 is 1.24 bits per heavy atom. The van der Waals surface area contributed by atoms with Gasteiger partial charge in [0.25, 0.3) is 11.2 Å². The van der Waals surface area contributed by atoms with Crippen molar-refractivity contribution in [3.63, 3.8) is 0 Å². The molecule has 0 spiro atoms. The maximum atomic E-state index is 14.1. The highest BCUT2D eigenvalue weighted by Crippen LogP contribution is 2.37. The van der Waals surface area contributed by atoms with Gasteiger partial charge in [0.2, 0.25) is 0 Å². The van der Waals surface area contributed by atoms with Gasteiger partial charge in [0.15, 0.2) is 9.96 Å². The van der Waals surface area contributed by atoms with Crippen molar-refractivity contribution < 1.29 is 19.2 Å². The zero-order chi connectivity index (χ0) is 30.0. The first-order valence-corrected chi connectivity index (χ1v) is 14.5. The predicted molar refractivity (Wildman–Crippen MR) is 158 cm³/mol. The van der Waals surface area contributed by atoms with Crippen molar-refractivity contribution in [2.45, 2.75) is 29.9 Å². The fourth-order valence-electron chi connectivity index (χ4n) is 4.44. The number of nitrogens with zero attached hydrogens (tertiary/aromatic N) is 5. The summed E-state index contributed by atoms with van der Waals surface area (Å²) in [4.78, 5) is 52.3. The summed E-state index contributed by atoms with van der Waals surface area (Å²) in [7, 11) is 1.48. The molecule has 0 radical (unpaired) electrons. The van der Waals surface area contributed by atoms with Crippen LogP contribution in [0.4, 0.5) is 5.69 Å². The SMILES string of the molecule is CCOC(=O)C1=C(C)N=c2s/c(=C\c3cc([N+](=O)[O-])ccc3Sc3ncccn3)c(=O)n2[C@@H]1c1cc(Cl)ccc1OC. The lowest BCUT2D eigenvalue weighted by molar-refractivity contribution is -0.384. The van der Waals surface area contributed by atoms with E-state index in [1.54, 1.807) is 62.6 Å². The van der Waals surface area contributed by atoms with Crippen molar-refractivity contribution in [2.24, 2.45) is 4.99 Å². The Balaban J connectivity index is 1.75. The Bertz CT molecular complexity index is 1920. The smallest absolute Gasteiger partial charge is 0.338 e. The van der Waals surface area contributed by atoms with Gasteiger partial charge in [-0.3, -0.25) is 19.5 Å². The molecule has 0 N–H and O–H groups in total. The number of fused-ring (bicyclic) bond motifs is 1. The van der Waals surface area contributed by atoms with E-state index in [2.05, 4.69) is 15.0 Å². The minimum absolute atomic E-state index is 0.123. The van der Waals surface area contributed by atoms with Crippen LogP contribution in [0.2, 0.25) is 5.02 Å². The zero-order valence-corrected chi connectivity index (χ0v) is 24.8. The van der Waals surface area contributed by atoms with Crippen LogP contribution >= 0.6 is 34.7 Å². The molecule has 0 unspecified atom stereocenters. The minimum Gasteiger partial charge on any atom is -0.496 e. The molecule has 0 fully saturated rings. The Labute approximate surface area is 252 Å². The first-order valence-electron chi connectivity index (χ1n) is 12.5. The summed E-state index contributed by atoms with van der Waals surface area (Å²) in [5.74, 6) is -0.212. The number of rotatable bonds is 8. The molecule has 5 rings (SSSR count). The number of hydrogen-bond donors (Lipinski definition) is 0. The molecule has 0 saturated carbocycles. The molecule has 42 heavy (non-hydrogen) atoms. The second-order valence-corrected chi connectivity index (χ2v) is 11.3. The number of carbonyl (C=O) groups excluding carboxylic acids is 1. The van der Waals surface area contributed by atoms with Crippen LogP contribution in [-0.4, -0.2) is 39.1 Å². The number of halogens is 1. The molecule has 11 nitrogen and oxygen atoms in total. The summed E-state index contributed by atoms with van der Waals surface area (Å²) in [6.07, 6.45) is 4.75. The number of hydrogen-bond acceptors (Lipinski definition) is 11. The van der Waals surface area contributed by atoms with Gasteiger partial charge in [0.05, 0.1) is 34.4 Å². The van der Waals surface area contributed by atoms with Gasteiger partial charge in [-0.1, -0.05) is 22.9 Å². The number of esters is 1. The molecular formula is C28H22ClN5O6S2. The summed E-state index contributed by atoms with van der Waals surface area (Å²) in [5, 5.41) is 12.4. The van der Waals surface area contributed by atoms with Gasteiger partial charge in [0, 0.05) is 40.0 Å². The van der Waals surface area contributed by atoms with Crippen molar-refractivity contribution in [2.75, 3.05) is 13.7 Å². The van der Waals surface area contributed by atoms with Crippen LogP contribution in [-0.2, 0) is 9.53 Å². The first-order chi connectivity index (χ1) is 20.2. The van der Waals surface area contributed by atoms with Crippen molar-refractivity contribution in [3.05, 3.63) is 112 Å². The number of thiazole rings is 1. The van der Waals surface area contributed by atoms with Gasteiger partial charge in [-0.15, -0.1) is 0 Å². The quantitative estimate of drug-likeness (QED) is 0.122. The number of methoxy groups -OCH3 is 1. The zero-order valence-electron chi connectivity index (χ0n) is 22.4. The van der Waals surface area contributed by atoms with Gasteiger partial charge in [-0.05, 0) is 67.6 Å². The van der Waals surface area contributed by atoms with Gasteiger partial charge < -0.3 is 9.47 Å². The van der Waals surface area contributed by atoms with E-state index in [4.69, 9.17) is 21.1 Å². The maximum Gasteiger partial charge on any atom is 0.338 e. The fourth-order valence-corrected chi connectivity index (χ4v) is 6.45. The Hall–Kier alpha value is -4.33. The Kier molecular flexibility index (Phi) is 8.52.